The number of hydrogen-bond donors (Lipinski definition) is 0. The molecule has 0 atom stereocenters. The Hall–Kier alpha value is -0.130. The Labute approximate surface area is 92.4 Å². The van der Waals surface area contributed by atoms with Gasteiger partial charge in [0.15, 0.2) is 0 Å². The van der Waals surface area contributed by atoms with Crippen LogP contribution in [0.5, 0.6) is 0 Å². The monoisotopic (exact) mass is 232 g/mol. The van der Waals surface area contributed by atoms with Gasteiger partial charge in [0.2, 0.25) is 0 Å². The maximum Gasteiger partial charge on any atom is 0.282 e. The van der Waals surface area contributed by atoms with Gasteiger partial charge in [0.1, 0.15) is 0 Å². The Balaban J connectivity index is 2.11. The van der Waals surface area contributed by atoms with E-state index in [-0.39, 0.29) is 0 Å². The van der Waals surface area contributed by atoms with Crippen molar-refractivity contribution in [2.75, 3.05) is 19.6 Å². The quantitative estimate of drug-likeness (QED) is 0.730. The van der Waals surface area contributed by atoms with Gasteiger partial charge in [0.05, 0.1) is 0 Å². The fraction of sp³-hybridized carbons (Fsp3) is 1.00. The minimum absolute atomic E-state index is 0.310. The average Bonchev–Trinajstić information content (AvgIpc) is 2.90. The lowest BCUT2D eigenvalue weighted by Gasteiger charge is -2.35. The highest BCUT2D eigenvalue weighted by molar-refractivity contribution is 7.86. The van der Waals surface area contributed by atoms with Crippen LogP contribution < -0.4 is 0 Å². The van der Waals surface area contributed by atoms with Crippen molar-refractivity contribution in [3.8, 4) is 0 Å². The zero-order valence-electron chi connectivity index (χ0n) is 9.52. The first kappa shape index (κ1) is 11.4. The molecule has 4 nitrogen and oxygen atoms in total. The second-order valence-corrected chi connectivity index (χ2v) is 6.84. The molecule has 15 heavy (non-hydrogen) atoms. The maximum absolute atomic E-state index is 12.2. The zero-order valence-corrected chi connectivity index (χ0v) is 10.3. The van der Waals surface area contributed by atoms with Gasteiger partial charge in [-0.3, -0.25) is 0 Å². The summed E-state index contributed by atoms with van der Waals surface area (Å²) >= 11 is 0. The Kier molecular flexibility index (Phi) is 3.05. The predicted octanol–water partition coefficient (Wildman–Crippen LogP) is 1.06. The van der Waals surface area contributed by atoms with Crippen LogP contribution in [0.15, 0.2) is 0 Å². The molecule has 2 aliphatic rings. The van der Waals surface area contributed by atoms with Crippen LogP contribution in [0, 0.1) is 5.92 Å². The highest BCUT2D eigenvalue weighted by Gasteiger charge is 2.42. The first-order valence-electron chi connectivity index (χ1n) is 5.78. The molecule has 0 aromatic heterocycles. The molecule has 1 saturated carbocycles. The van der Waals surface area contributed by atoms with Crippen LogP contribution in [0.1, 0.15) is 33.1 Å². The molecule has 0 radical (unpaired) electrons. The fourth-order valence-corrected chi connectivity index (χ4v) is 4.20. The van der Waals surface area contributed by atoms with Crippen LogP contribution in [0.2, 0.25) is 0 Å². The van der Waals surface area contributed by atoms with E-state index in [1.807, 2.05) is 0 Å². The van der Waals surface area contributed by atoms with Crippen LogP contribution >= 0.6 is 0 Å². The Morgan fingerprint density at radius 2 is 1.93 bits per heavy atom. The summed E-state index contributed by atoms with van der Waals surface area (Å²) in [6, 6.07) is 0.310. The van der Waals surface area contributed by atoms with E-state index in [2.05, 4.69) is 13.8 Å². The standard InChI is InChI=1S/C10H20N2O2S/c1-9(2)8-11-6-3-7-12(10-4-5-10)15(11,13)14/h9-10H,3-8H2,1-2H3. The number of nitrogens with zero attached hydrogens (tertiary/aromatic N) is 2. The molecule has 0 bridgehead atoms. The molecule has 1 heterocycles. The topological polar surface area (TPSA) is 40.6 Å². The molecule has 0 spiro atoms. The van der Waals surface area contributed by atoms with Crippen molar-refractivity contribution in [2.45, 2.75) is 39.2 Å². The third kappa shape index (κ3) is 2.34. The van der Waals surface area contributed by atoms with Crippen molar-refractivity contribution >= 4 is 10.2 Å². The van der Waals surface area contributed by atoms with Gasteiger partial charge in [-0.2, -0.15) is 17.0 Å². The van der Waals surface area contributed by atoms with Crippen molar-refractivity contribution in [1.82, 2.24) is 8.61 Å². The lowest BCUT2D eigenvalue weighted by molar-refractivity contribution is 0.264. The molecule has 0 N–H and O–H groups in total. The van der Waals surface area contributed by atoms with E-state index in [1.165, 1.54) is 0 Å². The van der Waals surface area contributed by atoms with Crippen molar-refractivity contribution in [3.05, 3.63) is 0 Å². The summed E-state index contributed by atoms with van der Waals surface area (Å²) in [5, 5.41) is 0. The first-order chi connectivity index (χ1) is 7.01. The van der Waals surface area contributed by atoms with Crippen molar-refractivity contribution < 1.29 is 8.42 Å². The molecule has 0 amide bonds. The molecule has 5 heteroatoms. The lowest BCUT2D eigenvalue weighted by Crippen LogP contribution is -2.51. The molecule has 0 unspecified atom stereocenters. The molecule has 0 aromatic rings. The first-order valence-corrected chi connectivity index (χ1v) is 7.18. The smallest absolute Gasteiger partial charge is 0.195 e. The van der Waals surface area contributed by atoms with E-state index in [0.717, 1.165) is 25.8 Å². The van der Waals surface area contributed by atoms with Crippen molar-refractivity contribution in [1.29, 1.82) is 0 Å². The lowest BCUT2D eigenvalue weighted by atomic mass is 10.2. The van der Waals surface area contributed by atoms with E-state index < -0.39 is 10.2 Å². The van der Waals surface area contributed by atoms with Crippen LogP contribution in [0.3, 0.4) is 0 Å². The highest BCUT2D eigenvalue weighted by atomic mass is 32.2. The Bertz CT molecular complexity index is 322. The maximum atomic E-state index is 12.2. The molecule has 0 aromatic carbocycles. The molecule has 2 fully saturated rings. The molecule has 88 valence electrons. The van der Waals surface area contributed by atoms with Crippen molar-refractivity contribution in [2.24, 2.45) is 5.92 Å². The average molecular weight is 232 g/mol. The molecule has 1 aliphatic heterocycles. The predicted molar refractivity (Wildman–Crippen MR) is 59.7 cm³/mol. The molecular weight excluding hydrogens is 212 g/mol. The minimum atomic E-state index is -3.13. The van der Waals surface area contributed by atoms with E-state index in [0.29, 0.717) is 25.0 Å². The largest absolute Gasteiger partial charge is 0.282 e. The summed E-state index contributed by atoms with van der Waals surface area (Å²) in [4.78, 5) is 0. The second-order valence-electron chi connectivity index (χ2n) is 4.96. The number of rotatable bonds is 3. The van der Waals surface area contributed by atoms with E-state index >= 15 is 0 Å². The van der Waals surface area contributed by atoms with E-state index in [9.17, 15) is 8.42 Å². The highest BCUT2D eigenvalue weighted by Crippen LogP contribution is 2.32. The Morgan fingerprint density at radius 3 is 2.47 bits per heavy atom. The summed E-state index contributed by atoms with van der Waals surface area (Å²) in [6.07, 6.45) is 3.08. The van der Waals surface area contributed by atoms with E-state index in [4.69, 9.17) is 0 Å². The van der Waals surface area contributed by atoms with Crippen LogP contribution in [0.25, 0.3) is 0 Å². The van der Waals surface area contributed by atoms with E-state index in [1.54, 1.807) is 8.61 Å². The van der Waals surface area contributed by atoms with Gasteiger partial charge in [-0.25, -0.2) is 0 Å². The van der Waals surface area contributed by atoms with Gasteiger partial charge in [0, 0.05) is 25.7 Å². The summed E-state index contributed by atoms with van der Waals surface area (Å²) in [5.41, 5.74) is 0. The normalized spacial score (nSPS) is 28.5. The van der Waals surface area contributed by atoms with Gasteiger partial charge in [-0.05, 0) is 25.2 Å². The molecule has 1 saturated heterocycles. The third-order valence-electron chi connectivity index (χ3n) is 2.93. The van der Waals surface area contributed by atoms with Crippen molar-refractivity contribution in [3.63, 3.8) is 0 Å². The van der Waals surface area contributed by atoms with Crippen LogP contribution in [0.4, 0.5) is 0 Å². The zero-order chi connectivity index (χ0) is 11.1. The number of hydrogen-bond acceptors (Lipinski definition) is 2. The summed E-state index contributed by atoms with van der Waals surface area (Å²) < 4.78 is 27.7. The van der Waals surface area contributed by atoms with Crippen LogP contribution in [-0.2, 0) is 10.2 Å². The minimum Gasteiger partial charge on any atom is -0.195 e. The SMILES string of the molecule is CC(C)CN1CCCN(C2CC2)S1(=O)=O. The second kappa shape index (κ2) is 4.03. The summed E-state index contributed by atoms with van der Waals surface area (Å²) in [5.74, 6) is 0.402. The summed E-state index contributed by atoms with van der Waals surface area (Å²) in [7, 11) is -3.13. The van der Waals surface area contributed by atoms with Gasteiger partial charge >= 0.3 is 0 Å². The van der Waals surface area contributed by atoms with Crippen LogP contribution in [-0.4, -0.2) is 42.7 Å². The molecule has 1 aliphatic carbocycles. The van der Waals surface area contributed by atoms with Gasteiger partial charge in [0.25, 0.3) is 10.2 Å². The fourth-order valence-electron chi connectivity index (χ4n) is 2.11. The van der Waals surface area contributed by atoms with Gasteiger partial charge < -0.3 is 0 Å². The molecular formula is C10H20N2O2S. The van der Waals surface area contributed by atoms with Gasteiger partial charge in [-0.1, -0.05) is 13.8 Å². The summed E-state index contributed by atoms with van der Waals surface area (Å²) in [6.45, 7) is 6.20. The molecule has 2 rings (SSSR count). The van der Waals surface area contributed by atoms with Gasteiger partial charge in [-0.15, -0.1) is 0 Å². The Morgan fingerprint density at radius 1 is 1.27 bits per heavy atom. The third-order valence-corrected chi connectivity index (χ3v) is 4.99.